The molecule has 1 aromatic heterocycles. The fourth-order valence-corrected chi connectivity index (χ4v) is 11.6. The molecule has 0 unspecified atom stereocenters. The Morgan fingerprint density at radius 2 is 1.80 bits per heavy atom. The van der Waals surface area contributed by atoms with Crippen LogP contribution in [0, 0.1) is 18.8 Å². The van der Waals surface area contributed by atoms with Gasteiger partial charge in [0.2, 0.25) is 21.8 Å². The first-order valence-electron chi connectivity index (χ1n) is 21.5. The second kappa shape index (κ2) is 16.0. The molecular weight excluding hydrogens is 809 g/mol. The lowest BCUT2D eigenvalue weighted by molar-refractivity contribution is -0.160. The van der Waals surface area contributed by atoms with E-state index in [4.69, 9.17) is 14.5 Å². The molecule has 1 spiro atoms. The monoisotopic (exact) mass is 868 g/mol. The lowest BCUT2D eigenvalue weighted by Gasteiger charge is -2.36. The summed E-state index contributed by atoms with van der Waals surface area (Å²) in [6.07, 6.45) is 9.04. The summed E-state index contributed by atoms with van der Waals surface area (Å²) in [5, 5.41) is 3.34. The molecule has 2 aliphatic carbocycles. The maximum atomic E-state index is 15.0. The Bertz CT molecular complexity index is 2320. The minimum Gasteiger partial charge on any atom is -0.483 e. The van der Waals surface area contributed by atoms with Crippen molar-refractivity contribution in [3.63, 3.8) is 0 Å². The second-order valence-corrected chi connectivity index (χ2v) is 23.9. The molecule has 5 atom stereocenters. The van der Waals surface area contributed by atoms with E-state index in [0.717, 1.165) is 29.3 Å². The van der Waals surface area contributed by atoms with Gasteiger partial charge in [0, 0.05) is 35.6 Å². The molecule has 2 N–H and O–H groups in total. The lowest BCUT2D eigenvalue weighted by atomic mass is 9.87. The lowest BCUT2D eigenvalue weighted by Crippen LogP contribution is -2.57. The molecule has 3 fully saturated rings. The number of esters is 1. The molecule has 1 saturated heterocycles. The second-order valence-electron chi connectivity index (χ2n) is 19.0. The van der Waals surface area contributed by atoms with Crippen molar-refractivity contribution >= 4 is 54.5 Å². The third-order valence-corrected chi connectivity index (χ3v) is 17.9. The number of sulfone groups is 1. The average Bonchev–Trinajstić information content (AvgIpc) is 4.07. The highest BCUT2D eigenvalue weighted by Gasteiger charge is 2.64. The maximum Gasteiger partial charge on any atom is 0.307 e. The first kappa shape index (κ1) is 44.0. The van der Waals surface area contributed by atoms with Gasteiger partial charge < -0.3 is 19.7 Å². The minimum atomic E-state index is -4.01. The summed E-state index contributed by atoms with van der Waals surface area (Å²) in [6.45, 7) is 10.0. The molecule has 3 aliphatic heterocycles. The van der Waals surface area contributed by atoms with E-state index in [9.17, 15) is 36.0 Å². The molecule has 5 aliphatic rings. The molecule has 0 bridgehead atoms. The number of sulfonamides is 1. The molecule has 60 heavy (non-hydrogen) atoms. The fraction of sp³-hybridized carbons (Fsp3) is 0.659. The number of nitrogens with zero attached hydrogens (tertiary/aromatic N) is 2. The van der Waals surface area contributed by atoms with Crippen molar-refractivity contribution in [1.82, 2.24) is 19.9 Å². The topological polar surface area (TPSA) is 195 Å². The van der Waals surface area contributed by atoms with Gasteiger partial charge in [-0.05, 0) is 99.0 Å². The SMILES string of the molecule is Cc1nc2ccccc2c2c1O[C@]1(CC2)C[C@H]2C(=O)N[C@]3(C(=O)NS(=O)(=O)C4(C)CC4)C[C@H]3/C=C\CCCCC[C@H](CC(=O)OC(C)(C)CCS(=O)(=O)C(C)C)C(=O)N2C1. The number of benzene rings is 1. The molecule has 2 aromatic rings. The van der Waals surface area contributed by atoms with Crippen molar-refractivity contribution in [2.24, 2.45) is 11.8 Å². The number of hydrogen-bond donors (Lipinski definition) is 2. The third-order valence-electron chi connectivity index (χ3n) is 13.5. The number of para-hydroxylation sites is 1. The highest BCUT2D eigenvalue weighted by molar-refractivity contribution is 7.92. The van der Waals surface area contributed by atoms with E-state index in [2.05, 4.69) is 10.0 Å². The van der Waals surface area contributed by atoms with Crippen molar-refractivity contribution < 1.29 is 45.5 Å². The van der Waals surface area contributed by atoms with Crippen molar-refractivity contribution in [3.8, 4) is 5.75 Å². The molecule has 2 saturated carbocycles. The van der Waals surface area contributed by atoms with Crippen LogP contribution in [0.15, 0.2) is 36.4 Å². The van der Waals surface area contributed by atoms with Gasteiger partial charge in [-0.1, -0.05) is 43.2 Å². The number of carbonyl (C=O) groups is 4. The van der Waals surface area contributed by atoms with Gasteiger partial charge in [-0.3, -0.25) is 23.9 Å². The Hall–Kier alpha value is -4.05. The number of amides is 3. The van der Waals surface area contributed by atoms with Crippen LogP contribution in [0.2, 0.25) is 0 Å². The van der Waals surface area contributed by atoms with Crippen LogP contribution >= 0.6 is 0 Å². The van der Waals surface area contributed by atoms with Gasteiger partial charge in [0.05, 0.1) is 39.9 Å². The quantitative estimate of drug-likeness (QED) is 0.237. The van der Waals surface area contributed by atoms with Crippen LogP contribution in [0.1, 0.15) is 123 Å². The highest BCUT2D eigenvalue weighted by atomic mass is 32.2. The molecule has 7 rings (SSSR count). The molecule has 0 radical (unpaired) electrons. The van der Waals surface area contributed by atoms with Crippen LogP contribution in [-0.4, -0.2) is 95.5 Å². The van der Waals surface area contributed by atoms with Gasteiger partial charge in [-0.2, -0.15) is 0 Å². The molecule has 1 aromatic carbocycles. The van der Waals surface area contributed by atoms with Crippen molar-refractivity contribution in [3.05, 3.63) is 47.7 Å². The van der Waals surface area contributed by atoms with Gasteiger partial charge >= 0.3 is 5.97 Å². The average molecular weight is 869 g/mol. The zero-order valence-electron chi connectivity index (χ0n) is 35.7. The third kappa shape index (κ3) is 8.82. The van der Waals surface area contributed by atoms with Crippen LogP contribution in [0.3, 0.4) is 0 Å². The van der Waals surface area contributed by atoms with E-state index in [1.54, 1.807) is 34.6 Å². The number of ether oxygens (including phenoxy) is 2. The highest BCUT2D eigenvalue weighted by Crippen LogP contribution is 2.49. The molecule has 3 amide bonds. The number of aryl methyl sites for hydroxylation is 2. The number of rotatable bonds is 10. The Labute approximate surface area is 354 Å². The van der Waals surface area contributed by atoms with Crippen LogP contribution in [-0.2, 0) is 50.2 Å². The van der Waals surface area contributed by atoms with Crippen LogP contribution in [0.5, 0.6) is 5.75 Å². The maximum absolute atomic E-state index is 15.0. The molecule has 16 heteroatoms. The van der Waals surface area contributed by atoms with Crippen LogP contribution in [0.4, 0.5) is 0 Å². The number of allylic oxidation sites excluding steroid dienone is 1. The summed E-state index contributed by atoms with van der Waals surface area (Å²) in [5.74, 6) is -3.33. The van der Waals surface area contributed by atoms with Gasteiger partial charge in [0.25, 0.3) is 5.91 Å². The Morgan fingerprint density at radius 3 is 2.52 bits per heavy atom. The van der Waals surface area contributed by atoms with E-state index >= 15 is 0 Å². The first-order valence-corrected chi connectivity index (χ1v) is 24.7. The van der Waals surface area contributed by atoms with E-state index in [1.165, 1.54) is 4.90 Å². The van der Waals surface area contributed by atoms with E-state index < -0.39 is 88.2 Å². The summed E-state index contributed by atoms with van der Waals surface area (Å²) in [4.78, 5) is 63.7. The summed E-state index contributed by atoms with van der Waals surface area (Å²) < 4.78 is 65.7. The first-order chi connectivity index (χ1) is 28.1. The number of fused-ring (bicyclic) bond motifs is 5. The number of nitrogens with one attached hydrogen (secondary N) is 2. The van der Waals surface area contributed by atoms with Gasteiger partial charge in [-0.15, -0.1) is 0 Å². The summed E-state index contributed by atoms with van der Waals surface area (Å²) in [6, 6.07) is 6.71. The summed E-state index contributed by atoms with van der Waals surface area (Å²) in [7, 11) is -7.40. The Balaban J connectivity index is 1.19. The zero-order valence-corrected chi connectivity index (χ0v) is 37.3. The van der Waals surface area contributed by atoms with Crippen LogP contribution < -0.4 is 14.8 Å². The number of pyridine rings is 1. The predicted octanol–water partition coefficient (Wildman–Crippen LogP) is 5.14. The van der Waals surface area contributed by atoms with E-state index in [0.29, 0.717) is 56.4 Å². The Kier molecular flexibility index (Phi) is 11.7. The summed E-state index contributed by atoms with van der Waals surface area (Å²) >= 11 is 0. The number of aromatic nitrogens is 1. The number of carbonyl (C=O) groups excluding carboxylic acids is 4. The Morgan fingerprint density at radius 1 is 1.07 bits per heavy atom. The number of hydrogen-bond acceptors (Lipinski definition) is 11. The normalized spacial score (nSPS) is 28.6. The fourth-order valence-electron chi connectivity index (χ4n) is 9.00. The van der Waals surface area contributed by atoms with Gasteiger partial charge in [0.15, 0.2) is 9.84 Å². The minimum absolute atomic E-state index is 0.0367. The molecule has 4 heterocycles. The molecule has 328 valence electrons. The van der Waals surface area contributed by atoms with E-state index in [-0.39, 0.29) is 38.0 Å². The van der Waals surface area contributed by atoms with Gasteiger partial charge in [0.1, 0.15) is 28.5 Å². The molecular formula is C44H60N4O10S2. The van der Waals surface area contributed by atoms with Crippen LogP contribution in [0.25, 0.3) is 10.9 Å². The van der Waals surface area contributed by atoms with Crippen molar-refractivity contribution in [2.75, 3.05) is 12.3 Å². The smallest absolute Gasteiger partial charge is 0.307 e. The predicted molar refractivity (Wildman–Crippen MR) is 226 cm³/mol. The van der Waals surface area contributed by atoms with Crippen molar-refractivity contribution in [1.29, 1.82) is 0 Å². The zero-order chi connectivity index (χ0) is 43.5. The standard InChI is InChI=1S/C44H60N4O10S2/c1-28(2)59(53,54)23-22-41(4,5)57-36(49)24-30-14-10-8-7-9-11-15-31-25-44(31,40(52)47-60(55,56)42(6)20-21-42)46-38(50)35-26-43(27-48(35)39(30)51)19-18-33-32-16-12-13-17-34(32)45-29(3)37(33)58-43/h11-13,15-17,28,30-31,35H,7-10,14,18-27H2,1-6H3,(H,46,50)(H,47,52)/b15-11-/t30-,31-,35+,43-,44-/m1/s1. The van der Waals surface area contributed by atoms with Crippen molar-refractivity contribution in [2.45, 2.75) is 158 Å². The largest absolute Gasteiger partial charge is 0.483 e. The molecule has 14 nitrogen and oxygen atoms in total. The summed E-state index contributed by atoms with van der Waals surface area (Å²) in [5.41, 5.74) is -1.12. The van der Waals surface area contributed by atoms with E-state index in [1.807, 2.05) is 43.3 Å². The van der Waals surface area contributed by atoms with Gasteiger partial charge in [-0.25, -0.2) is 21.8 Å².